The minimum absolute atomic E-state index is 0.101. The van der Waals surface area contributed by atoms with Crippen LogP contribution in [-0.4, -0.2) is 49.1 Å². The van der Waals surface area contributed by atoms with Crippen molar-refractivity contribution in [3.63, 3.8) is 0 Å². The molecule has 6 nitrogen and oxygen atoms in total. The number of hydrogen-bond donors (Lipinski definition) is 1. The van der Waals surface area contributed by atoms with Crippen LogP contribution < -0.4 is 0 Å². The normalized spacial score (nSPS) is 11.2. The zero-order valence-electron chi connectivity index (χ0n) is 10.5. The van der Waals surface area contributed by atoms with Crippen molar-refractivity contribution in [2.75, 3.05) is 26.4 Å². The van der Waals surface area contributed by atoms with E-state index in [9.17, 15) is 9.59 Å². The van der Waals surface area contributed by atoms with Gasteiger partial charge in [0.1, 0.15) is 18.8 Å². The molecule has 0 rings (SSSR count). The number of esters is 1. The number of hydrogen-bond acceptors (Lipinski definition) is 5. The molecule has 1 N–H and O–H groups in total. The molecule has 100 valence electrons. The summed E-state index contributed by atoms with van der Waals surface area (Å²) in [5.74, 6) is -1.41. The molecule has 0 fully saturated rings. The highest BCUT2D eigenvalue weighted by Gasteiger charge is 2.15. The second-order valence-corrected chi connectivity index (χ2v) is 4.44. The van der Waals surface area contributed by atoms with Crippen LogP contribution >= 0.6 is 0 Å². The average Bonchev–Trinajstić information content (AvgIpc) is 2.12. The van der Waals surface area contributed by atoms with E-state index in [2.05, 4.69) is 0 Å². The van der Waals surface area contributed by atoms with Gasteiger partial charge < -0.3 is 19.3 Å². The number of rotatable bonds is 8. The molecule has 0 atom stereocenters. The molecule has 0 aliphatic heterocycles. The molecular weight excluding hydrogens is 228 g/mol. The number of carbonyl (C=O) groups excluding carboxylic acids is 1. The lowest BCUT2D eigenvalue weighted by molar-refractivity contribution is -0.160. The maximum absolute atomic E-state index is 11.2. The fourth-order valence-corrected chi connectivity index (χ4v) is 0.949. The third-order valence-electron chi connectivity index (χ3n) is 1.44. The molecule has 0 aliphatic rings. The standard InChI is InChI=1S/C11H20O6/c1-11(2,3)17-10(14)8-16-6-4-5-15-7-9(12)13/h4-8H2,1-3H3,(H,12,13). The highest BCUT2D eigenvalue weighted by molar-refractivity contribution is 5.71. The van der Waals surface area contributed by atoms with E-state index >= 15 is 0 Å². The minimum atomic E-state index is -1.00. The molecular formula is C11H20O6. The Morgan fingerprint density at radius 3 is 2.06 bits per heavy atom. The zero-order chi connectivity index (χ0) is 13.3. The van der Waals surface area contributed by atoms with Crippen LogP contribution in [0.4, 0.5) is 0 Å². The monoisotopic (exact) mass is 248 g/mol. The van der Waals surface area contributed by atoms with Gasteiger partial charge in [-0.3, -0.25) is 0 Å². The molecule has 0 amide bonds. The molecule has 0 aliphatic carbocycles. The van der Waals surface area contributed by atoms with Crippen molar-refractivity contribution in [3.05, 3.63) is 0 Å². The summed E-state index contributed by atoms with van der Waals surface area (Å²) in [7, 11) is 0. The third kappa shape index (κ3) is 12.8. The number of carboxylic acid groups (broad SMARTS) is 1. The molecule has 17 heavy (non-hydrogen) atoms. The molecule has 0 aromatic rings. The van der Waals surface area contributed by atoms with Gasteiger partial charge in [0, 0.05) is 13.2 Å². The lowest BCUT2D eigenvalue weighted by Gasteiger charge is -2.19. The van der Waals surface area contributed by atoms with Gasteiger partial charge >= 0.3 is 11.9 Å². The van der Waals surface area contributed by atoms with Crippen molar-refractivity contribution in [3.8, 4) is 0 Å². The summed E-state index contributed by atoms with van der Waals surface area (Å²) in [5.41, 5.74) is -0.509. The van der Waals surface area contributed by atoms with Gasteiger partial charge in [0.25, 0.3) is 0 Å². The first-order valence-electron chi connectivity index (χ1n) is 5.40. The summed E-state index contributed by atoms with van der Waals surface area (Å²) in [6, 6.07) is 0. The first-order chi connectivity index (χ1) is 7.81. The maximum atomic E-state index is 11.2. The van der Waals surface area contributed by atoms with E-state index in [1.807, 2.05) is 0 Å². The van der Waals surface area contributed by atoms with Crippen LogP contribution in [0.15, 0.2) is 0 Å². The zero-order valence-corrected chi connectivity index (χ0v) is 10.5. The highest BCUT2D eigenvalue weighted by Crippen LogP contribution is 2.06. The largest absolute Gasteiger partial charge is 0.480 e. The van der Waals surface area contributed by atoms with Crippen LogP contribution in [0, 0.1) is 0 Å². The van der Waals surface area contributed by atoms with Crippen molar-refractivity contribution in [1.82, 2.24) is 0 Å². The van der Waals surface area contributed by atoms with E-state index in [4.69, 9.17) is 19.3 Å². The number of carbonyl (C=O) groups is 2. The van der Waals surface area contributed by atoms with Crippen LogP contribution in [0.2, 0.25) is 0 Å². The van der Waals surface area contributed by atoms with Crippen LogP contribution in [0.5, 0.6) is 0 Å². The van der Waals surface area contributed by atoms with Crippen molar-refractivity contribution < 1.29 is 28.9 Å². The van der Waals surface area contributed by atoms with Gasteiger partial charge in [0.2, 0.25) is 0 Å². The first-order valence-corrected chi connectivity index (χ1v) is 5.40. The van der Waals surface area contributed by atoms with Gasteiger partial charge in [-0.1, -0.05) is 0 Å². The average molecular weight is 248 g/mol. The van der Waals surface area contributed by atoms with Crippen molar-refractivity contribution in [2.24, 2.45) is 0 Å². The fourth-order valence-electron chi connectivity index (χ4n) is 0.949. The van der Waals surface area contributed by atoms with Crippen LogP contribution in [0.3, 0.4) is 0 Å². The van der Waals surface area contributed by atoms with Crippen molar-refractivity contribution in [2.45, 2.75) is 32.8 Å². The van der Waals surface area contributed by atoms with E-state index in [0.717, 1.165) is 0 Å². The van der Waals surface area contributed by atoms with E-state index in [1.54, 1.807) is 20.8 Å². The summed E-state index contributed by atoms with van der Waals surface area (Å²) in [5, 5.41) is 8.28. The van der Waals surface area contributed by atoms with Gasteiger partial charge in [-0.05, 0) is 27.2 Å². The van der Waals surface area contributed by atoms with Crippen LogP contribution in [0.25, 0.3) is 0 Å². The molecule has 6 heteroatoms. The lowest BCUT2D eigenvalue weighted by atomic mass is 10.2. The predicted molar refractivity (Wildman–Crippen MR) is 59.7 cm³/mol. The highest BCUT2D eigenvalue weighted by atomic mass is 16.6. The topological polar surface area (TPSA) is 82.1 Å². The summed E-state index contributed by atoms with van der Waals surface area (Å²) in [6.07, 6.45) is 0.538. The minimum Gasteiger partial charge on any atom is -0.480 e. The fraction of sp³-hybridized carbons (Fsp3) is 0.818. The summed E-state index contributed by atoms with van der Waals surface area (Å²) in [4.78, 5) is 21.3. The molecule has 0 bridgehead atoms. The Hall–Kier alpha value is -1.14. The Morgan fingerprint density at radius 2 is 1.59 bits per heavy atom. The van der Waals surface area contributed by atoms with Gasteiger partial charge in [-0.2, -0.15) is 0 Å². The van der Waals surface area contributed by atoms with E-state index in [-0.39, 0.29) is 13.2 Å². The molecule has 0 unspecified atom stereocenters. The Balaban J connectivity index is 3.34. The quantitative estimate of drug-likeness (QED) is 0.506. The Kier molecular flexibility index (Phi) is 7.49. The molecule has 0 spiro atoms. The first kappa shape index (κ1) is 15.9. The Labute approximate surface area is 101 Å². The number of carboxylic acids is 1. The molecule has 0 radical (unpaired) electrons. The van der Waals surface area contributed by atoms with E-state index in [1.165, 1.54) is 0 Å². The Morgan fingerprint density at radius 1 is 1.06 bits per heavy atom. The molecule has 0 heterocycles. The molecule has 0 saturated carbocycles. The van der Waals surface area contributed by atoms with Crippen LogP contribution in [-0.2, 0) is 23.8 Å². The van der Waals surface area contributed by atoms with Gasteiger partial charge in [0.15, 0.2) is 0 Å². The second kappa shape index (κ2) is 8.03. The maximum Gasteiger partial charge on any atom is 0.332 e. The van der Waals surface area contributed by atoms with Crippen molar-refractivity contribution >= 4 is 11.9 Å². The number of ether oxygens (including phenoxy) is 3. The van der Waals surface area contributed by atoms with Gasteiger partial charge in [0.05, 0.1) is 0 Å². The molecule has 0 saturated heterocycles. The SMILES string of the molecule is CC(C)(C)OC(=O)COCCCOCC(=O)O. The summed E-state index contributed by atoms with van der Waals surface area (Å²) >= 11 is 0. The van der Waals surface area contributed by atoms with E-state index in [0.29, 0.717) is 19.6 Å². The molecule has 0 aromatic heterocycles. The van der Waals surface area contributed by atoms with Crippen molar-refractivity contribution in [1.29, 1.82) is 0 Å². The number of aliphatic carboxylic acids is 1. The summed E-state index contributed by atoms with van der Waals surface area (Å²) in [6.45, 7) is 5.56. The second-order valence-electron chi connectivity index (χ2n) is 4.44. The third-order valence-corrected chi connectivity index (χ3v) is 1.44. The molecule has 0 aromatic carbocycles. The van der Waals surface area contributed by atoms with Gasteiger partial charge in [-0.25, -0.2) is 9.59 Å². The van der Waals surface area contributed by atoms with Crippen LogP contribution in [0.1, 0.15) is 27.2 Å². The Bertz CT molecular complexity index is 243. The smallest absolute Gasteiger partial charge is 0.332 e. The van der Waals surface area contributed by atoms with Gasteiger partial charge in [-0.15, -0.1) is 0 Å². The lowest BCUT2D eigenvalue weighted by Crippen LogP contribution is -2.26. The predicted octanol–water partition coefficient (Wildman–Crippen LogP) is 0.836. The summed E-state index contributed by atoms with van der Waals surface area (Å²) < 4.78 is 14.9. The van der Waals surface area contributed by atoms with E-state index < -0.39 is 17.5 Å².